The van der Waals surface area contributed by atoms with E-state index in [-0.39, 0.29) is 5.04 Å². The molecular weight excluding hydrogens is 726 g/mol. The van der Waals surface area contributed by atoms with E-state index in [4.69, 9.17) is 66.0 Å². The molecule has 0 heterocycles. The molecule has 1 N–H and O–H groups in total. The van der Waals surface area contributed by atoms with Crippen LogP contribution in [-0.4, -0.2) is 192 Å². The SMILES string of the molecule is CC(C)(C)OC(=O)NCCOCCOCCOCCOCCOCCOCCOCCOCCOCCOCCOCCOCCO[Si](C)(C)C(C)(C)C. The molecule has 0 atom stereocenters. The van der Waals surface area contributed by atoms with Gasteiger partial charge in [-0.05, 0) is 38.9 Å². The molecule has 324 valence electrons. The summed E-state index contributed by atoms with van der Waals surface area (Å²) in [4.78, 5) is 11.5. The van der Waals surface area contributed by atoms with Gasteiger partial charge in [-0.25, -0.2) is 4.79 Å². The number of carbonyl (C=O) groups excluding carboxylic acids is 1. The predicted octanol–water partition coefficient (Wildman–Crippen LogP) is 3.73. The third-order valence-electron chi connectivity index (χ3n) is 7.50. The summed E-state index contributed by atoms with van der Waals surface area (Å²) in [5, 5.41) is 2.84. The fraction of sp³-hybridized carbons (Fsp3) is 0.973. The van der Waals surface area contributed by atoms with Crippen molar-refractivity contribution in [1.29, 1.82) is 0 Å². The van der Waals surface area contributed by atoms with E-state index in [0.717, 1.165) is 0 Å². The molecule has 0 aliphatic heterocycles. The lowest BCUT2D eigenvalue weighted by Gasteiger charge is -2.36. The highest BCUT2D eigenvalue weighted by Crippen LogP contribution is 2.36. The van der Waals surface area contributed by atoms with Gasteiger partial charge in [0.05, 0.1) is 165 Å². The van der Waals surface area contributed by atoms with Gasteiger partial charge >= 0.3 is 6.09 Å². The predicted molar refractivity (Wildman–Crippen MR) is 207 cm³/mol. The molecule has 0 radical (unpaired) electrons. The van der Waals surface area contributed by atoms with E-state index >= 15 is 0 Å². The number of nitrogens with one attached hydrogen (secondary N) is 1. The summed E-state index contributed by atoms with van der Waals surface area (Å²) in [5.41, 5.74) is -0.513. The van der Waals surface area contributed by atoms with Crippen molar-refractivity contribution in [3.05, 3.63) is 0 Å². The second-order valence-electron chi connectivity index (χ2n) is 14.4. The summed E-state index contributed by atoms with van der Waals surface area (Å²) in [6.07, 6.45) is -0.453. The topological polar surface area (TPSA) is 158 Å². The summed E-state index contributed by atoms with van der Waals surface area (Å²) in [6.45, 7) is 29.6. The maximum absolute atomic E-state index is 11.5. The van der Waals surface area contributed by atoms with E-state index < -0.39 is 20.0 Å². The van der Waals surface area contributed by atoms with Crippen LogP contribution in [0.3, 0.4) is 0 Å². The lowest BCUT2D eigenvalue weighted by Crippen LogP contribution is -2.41. The fourth-order valence-electron chi connectivity index (χ4n) is 3.63. The second-order valence-corrected chi connectivity index (χ2v) is 19.2. The summed E-state index contributed by atoms with van der Waals surface area (Å²) in [6, 6.07) is 0. The van der Waals surface area contributed by atoms with Crippen LogP contribution in [0, 0.1) is 0 Å². The van der Waals surface area contributed by atoms with Crippen molar-refractivity contribution in [2.24, 2.45) is 0 Å². The molecule has 0 saturated carbocycles. The molecule has 17 heteroatoms. The Hall–Kier alpha value is -1.03. The Bertz CT molecular complexity index is 815. The molecule has 0 aliphatic carbocycles. The molecule has 0 aromatic rings. The Morgan fingerprint density at radius 2 is 0.611 bits per heavy atom. The quantitative estimate of drug-likeness (QED) is 0.0706. The van der Waals surface area contributed by atoms with E-state index in [0.29, 0.717) is 172 Å². The molecule has 0 aromatic carbocycles. The summed E-state index contributed by atoms with van der Waals surface area (Å²) in [5.74, 6) is 0. The Morgan fingerprint density at radius 1 is 0.389 bits per heavy atom. The van der Waals surface area contributed by atoms with Gasteiger partial charge in [0.15, 0.2) is 8.32 Å². The molecule has 0 rings (SSSR count). The maximum Gasteiger partial charge on any atom is 0.407 e. The van der Waals surface area contributed by atoms with E-state index in [1.54, 1.807) is 0 Å². The van der Waals surface area contributed by atoms with Crippen molar-refractivity contribution in [1.82, 2.24) is 5.32 Å². The molecule has 54 heavy (non-hydrogen) atoms. The first kappa shape index (κ1) is 53.0. The van der Waals surface area contributed by atoms with Gasteiger partial charge in [-0.15, -0.1) is 0 Å². The van der Waals surface area contributed by atoms with Gasteiger partial charge in [-0.2, -0.15) is 0 Å². The second kappa shape index (κ2) is 36.3. The Labute approximate surface area is 327 Å². The Balaban J connectivity index is 3.15. The van der Waals surface area contributed by atoms with Crippen molar-refractivity contribution < 1.29 is 70.8 Å². The third kappa shape index (κ3) is 39.2. The number of hydrogen-bond acceptors (Lipinski definition) is 15. The number of hydrogen-bond donors (Lipinski definition) is 1. The van der Waals surface area contributed by atoms with Crippen molar-refractivity contribution >= 4 is 14.4 Å². The maximum atomic E-state index is 11.5. The minimum Gasteiger partial charge on any atom is -0.444 e. The number of ether oxygens (including phenoxy) is 13. The molecule has 0 unspecified atom stereocenters. The number of carbonyl (C=O) groups is 1. The van der Waals surface area contributed by atoms with Crippen molar-refractivity contribution in [2.75, 3.05) is 172 Å². The van der Waals surface area contributed by atoms with Crippen molar-refractivity contribution in [3.8, 4) is 0 Å². The van der Waals surface area contributed by atoms with Crippen LogP contribution in [0.25, 0.3) is 0 Å². The third-order valence-corrected chi connectivity index (χ3v) is 12.0. The summed E-state index contributed by atoms with van der Waals surface area (Å²) in [7, 11) is -1.70. The van der Waals surface area contributed by atoms with Gasteiger partial charge in [-0.1, -0.05) is 20.8 Å². The monoisotopic (exact) mass is 804 g/mol. The molecule has 0 aromatic heterocycles. The zero-order chi connectivity index (χ0) is 40.1. The van der Waals surface area contributed by atoms with Gasteiger partial charge in [0.2, 0.25) is 0 Å². The Morgan fingerprint density at radius 3 is 0.833 bits per heavy atom. The molecule has 0 bridgehead atoms. The van der Waals surface area contributed by atoms with Crippen LogP contribution < -0.4 is 5.32 Å². The summed E-state index contributed by atoms with van der Waals surface area (Å²) >= 11 is 0. The van der Waals surface area contributed by atoms with E-state index in [1.165, 1.54) is 0 Å². The standard InChI is InChI=1S/C37H77NO15Si/c1-36(2,3)53-35(39)38-9-10-40-11-12-41-13-14-42-15-16-43-17-18-44-19-20-45-21-22-46-23-24-47-25-26-48-27-28-49-29-30-50-31-32-51-33-34-52-54(7,8)37(4,5)6/h9-34H2,1-8H3,(H,38,39). The normalized spacial score (nSPS) is 12.4. The van der Waals surface area contributed by atoms with E-state index in [9.17, 15) is 4.79 Å². The van der Waals surface area contributed by atoms with Crippen LogP contribution in [-0.2, 0) is 66.0 Å². The van der Waals surface area contributed by atoms with Gasteiger partial charge in [-0.3, -0.25) is 0 Å². The van der Waals surface area contributed by atoms with Crippen LogP contribution in [0.5, 0.6) is 0 Å². The zero-order valence-electron chi connectivity index (χ0n) is 35.0. The lowest BCUT2D eigenvalue weighted by atomic mass is 10.2. The average molecular weight is 804 g/mol. The molecule has 0 saturated heterocycles. The van der Waals surface area contributed by atoms with Crippen LogP contribution in [0.15, 0.2) is 0 Å². The molecule has 16 nitrogen and oxygen atoms in total. The number of amides is 1. The van der Waals surface area contributed by atoms with Crippen LogP contribution in [0.4, 0.5) is 4.79 Å². The van der Waals surface area contributed by atoms with Gasteiger partial charge < -0.3 is 71.3 Å². The van der Waals surface area contributed by atoms with Crippen LogP contribution >= 0.6 is 0 Å². The fourth-order valence-corrected chi connectivity index (χ4v) is 4.66. The molecule has 0 aliphatic rings. The summed E-state index contributed by atoms with van der Waals surface area (Å²) < 4.78 is 77.1. The van der Waals surface area contributed by atoms with Gasteiger partial charge in [0.1, 0.15) is 5.60 Å². The van der Waals surface area contributed by atoms with E-state index in [1.807, 2.05) is 20.8 Å². The average Bonchev–Trinajstić information content (AvgIpc) is 3.09. The van der Waals surface area contributed by atoms with Crippen molar-refractivity contribution in [3.63, 3.8) is 0 Å². The van der Waals surface area contributed by atoms with Crippen LogP contribution in [0.2, 0.25) is 18.1 Å². The first-order chi connectivity index (χ1) is 25.9. The first-order valence-electron chi connectivity index (χ1n) is 19.4. The smallest absolute Gasteiger partial charge is 0.407 e. The number of alkyl carbamates (subject to hydrolysis) is 1. The molecule has 0 fully saturated rings. The van der Waals surface area contributed by atoms with Crippen LogP contribution in [0.1, 0.15) is 41.5 Å². The minimum atomic E-state index is -1.70. The number of rotatable bonds is 40. The highest BCUT2D eigenvalue weighted by atomic mass is 28.4. The van der Waals surface area contributed by atoms with Crippen molar-refractivity contribution in [2.45, 2.75) is 65.3 Å². The first-order valence-corrected chi connectivity index (χ1v) is 22.3. The molecular formula is C37H77NO15Si. The molecule has 0 spiro atoms. The van der Waals surface area contributed by atoms with E-state index in [2.05, 4.69) is 39.2 Å². The van der Waals surface area contributed by atoms with Gasteiger partial charge in [0.25, 0.3) is 0 Å². The molecule has 1 amide bonds. The zero-order valence-corrected chi connectivity index (χ0v) is 36.0. The largest absolute Gasteiger partial charge is 0.444 e. The highest BCUT2D eigenvalue weighted by Gasteiger charge is 2.36. The lowest BCUT2D eigenvalue weighted by molar-refractivity contribution is -0.0285. The minimum absolute atomic E-state index is 0.212. The Kier molecular flexibility index (Phi) is 35.6. The highest BCUT2D eigenvalue weighted by molar-refractivity contribution is 6.74. The van der Waals surface area contributed by atoms with Gasteiger partial charge in [0, 0.05) is 6.54 Å².